The molecule has 1 aliphatic heterocycles. The normalized spacial score (nSPS) is 15.5. The second-order valence-corrected chi connectivity index (χ2v) is 10.3. The predicted molar refractivity (Wildman–Crippen MR) is 152 cm³/mol. The van der Waals surface area contributed by atoms with Crippen molar-refractivity contribution < 1.29 is 14.7 Å². The number of nitrogens with zero attached hydrogens (tertiary/aromatic N) is 7. The minimum absolute atomic E-state index is 0.167. The van der Waals surface area contributed by atoms with Gasteiger partial charge in [-0.25, -0.2) is 4.68 Å². The highest BCUT2D eigenvalue weighted by molar-refractivity contribution is 5.96. The molecule has 2 amide bonds. The quantitative estimate of drug-likeness (QED) is 0.281. The van der Waals surface area contributed by atoms with E-state index in [9.17, 15) is 14.7 Å². The number of aliphatic hydroxyl groups excluding tert-OH is 1. The van der Waals surface area contributed by atoms with Crippen LogP contribution in [0.15, 0.2) is 83.2 Å². The predicted octanol–water partition coefficient (Wildman–Crippen LogP) is 4.80. The van der Waals surface area contributed by atoms with E-state index in [1.807, 2.05) is 60.3 Å². The monoisotopic (exact) mass is 536 g/mol. The summed E-state index contributed by atoms with van der Waals surface area (Å²) in [5.41, 5.74) is 4.64. The first-order valence-corrected chi connectivity index (χ1v) is 13.5. The number of carbonyl (C=O) groups is 2. The highest BCUT2D eigenvalue weighted by atomic mass is 16.3. The van der Waals surface area contributed by atoms with E-state index in [4.69, 9.17) is 0 Å². The molecule has 10 nitrogen and oxygen atoms in total. The number of amides is 2. The number of fused-ring (bicyclic) bond motifs is 1. The van der Waals surface area contributed by atoms with Crippen LogP contribution in [0.3, 0.4) is 0 Å². The molecule has 1 saturated heterocycles. The van der Waals surface area contributed by atoms with E-state index in [0.717, 1.165) is 66.7 Å². The zero-order valence-corrected chi connectivity index (χ0v) is 22.2. The highest BCUT2D eigenvalue weighted by Gasteiger charge is 2.32. The maximum atomic E-state index is 12.5. The molecule has 1 aliphatic carbocycles. The minimum atomic E-state index is -0.466. The molecule has 2 heterocycles. The molecular weight excluding hydrogens is 506 g/mol. The van der Waals surface area contributed by atoms with E-state index >= 15 is 0 Å². The van der Waals surface area contributed by atoms with Crippen molar-refractivity contribution in [2.45, 2.75) is 31.8 Å². The lowest BCUT2D eigenvalue weighted by atomic mass is 10.1. The van der Waals surface area contributed by atoms with Gasteiger partial charge in [-0.1, -0.05) is 0 Å². The summed E-state index contributed by atoms with van der Waals surface area (Å²) in [4.78, 5) is 32.5. The summed E-state index contributed by atoms with van der Waals surface area (Å²) in [6.45, 7) is 1.59. The second-order valence-electron chi connectivity index (χ2n) is 10.3. The van der Waals surface area contributed by atoms with Crippen LogP contribution in [0, 0.1) is 5.92 Å². The summed E-state index contributed by atoms with van der Waals surface area (Å²) < 4.78 is 1.83. The molecule has 10 heteroatoms. The van der Waals surface area contributed by atoms with Crippen molar-refractivity contribution in [2.75, 3.05) is 29.9 Å². The SMILES string of the molecule is CN(C(=O)C1CC1)c1ccc(-n2ncc3cc(N=[N+]=NC(=O)c4ccc(N5CCC(O)CC5)cc4)ccc32)cc1. The van der Waals surface area contributed by atoms with Gasteiger partial charge in [0.25, 0.3) is 0 Å². The van der Waals surface area contributed by atoms with E-state index < -0.39 is 5.91 Å². The van der Waals surface area contributed by atoms with E-state index in [0.29, 0.717) is 11.3 Å². The Morgan fingerprint density at radius 2 is 1.65 bits per heavy atom. The summed E-state index contributed by atoms with van der Waals surface area (Å²) in [5, 5.41) is 22.9. The summed E-state index contributed by atoms with van der Waals surface area (Å²) in [5.74, 6) is -0.128. The molecule has 6 rings (SSSR count). The van der Waals surface area contributed by atoms with Crippen LogP contribution in [0.25, 0.3) is 16.6 Å². The molecule has 1 saturated carbocycles. The first kappa shape index (κ1) is 25.6. The van der Waals surface area contributed by atoms with Crippen LogP contribution >= 0.6 is 0 Å². The molecule has 2 aliphatic rings. The number of aromatic nitrogens is 2. The molecule has 0 atom stereocenters. The van der Waals surface area contributed by atoms with Crippen LogP contribution in [0.4, 0.5) is 17.1 Å². The summed E-state index contributed by atoms with van der Waals surface area (Å²) in [6.07, 6.45) is 4.97. The number of aliphatic hydroxyl groups is 1. The molecule has 4 aromatic rings. The number of benzene rings is 3. The minimum Gasteiger partial charge on any atom is -0.393 e. The number of hydrogen-bond acceptors (Lipinski definition) is 6. The smallest absolute Gasteiger partial charge is 0.360 e. The standard InChI is InChI=1S/C30H30N7O3/c1-35(30(40)21-2-3-21)24-9-11-26(12-10-24)37-28-13-6-23(18-22(28)19-31-37)32-34-33-29(39)20-4-7-25(8-5-20)36-16-14-27(38)15-17-36/h4-13,18-19,21,27,38H,2-3,14-17H2,1H3/q+1. The van der Waals surface area contributed by atoms with Crippen LogP contribution in [-0.2, 0) is 4.79 Å². The number of hydrogen-bond donors (Lipinski definition) is 1. The number of piperidine rings is 1. The zero-order valence-electron chi connectivity index (χ0n) is 22.2. The average molecular weight is 537 g/mol. The first-order valence-electron chi connectivity index (χ1n) is 13.5. The lowest BCUT2D eigenvalue weighted by Crippen LogP contribution is -2.35. The van der Waals surface area contributed by atoms with E-state index in [2.05, 4.69) is 25.1 Å². The Morgan fingerprint density at radius 1 is 0.950 bits per heavy atom. The van der Waals surface area contributed by atoms with Crippen molar-refractivity contribution in [3.05, 3.63) is 78.5 Å². The fourth-order valence-electron chi connectivity index (χ4n) is 4.95. The van der Waals surface area contributed by atoms with Crippen molar-refractivity contribution in [3.8, 4) is 5.69 Å². The van der Waals surface area contributed by atoms with Crippen LogP contribution in [0.1, 0.15) is 36.0 Å². The van der Waals surface area contributed by atoms with Gasteiger partial charge < -0.3 is 14.9 Å². The Balaban J connectivity index is 1.12. The van der Waals surface area contributed by atoms with Gasteiger partial charge in [-0.3, -0.25) is 9.59 Å². The van der Waals surface area contributed by atoms with Gasteiger partial charge in [0.15, 0.2) is 10.8 Å². The molecule has 2 fully saturated rings. The van der Waals surface area contributed by atoms with Crippen LogP contribution in [0.2, 0.25) is 0 Å². The Labute approximate surface area is 231 Å². The molecule has 1 aromatic heterocycles. The first-order chi connectivity index (χ1) is 19.5. The van der Waals surface area contributed by atoms with E-state index in [1.165, 1.54) is 0 Å². The lowest BCUT2D eigenvalue weighted by molar-refractivity contribution is -0.119. The van der Waals surface area contributed by atoms with Gasteiger partial charge in [0.1, 0.15) is 0 Å². The highest BCUT2D eigenvalue weighted by Crippen LogP contribution is 2.32. The van der Waals surface area contributed by atoms with Gasteiger partial charge in [-0.05, 0) is 92.4 Å². The molecule has 3 aromatic carbocycles. The molecule has 202 valence electrons. The topological polar surface area (TPSA) is 117 Å². The van der Waals surface area contributed by atoms with Crippen LogP contribution < -0.4 is 14.7 Å². The van der Waals surface area contributed by atoms with E-state index in [1.54, 1.807) is 29.3 Å². The lowest BCUT2D eigenvalue weighted by Gasteiger charge is -2.31. The number of carbonyl (C=O) groups excluding carboxylic acids is 2. The fraction of sp³-hybridized carbons (Fsp3) is 0.300. The van der Waals surface area contributed by atoms with Crippen molar-refractivity contribution >= 4 is 39.8 Å². The molecule has 1 N–H and O–H groups in total. The third kappa shape index (κ3) is 5.40. The Morgan fingerprint density at radius 3 is 2.35 bits per heavy atom. The average Bonchev–Trinajstić information content (AvgIpc) is 3.76. The molecule has 0 bridgehead atoms. The summed E-state index contributed by atoms with van der Waals surface area (Å²) >= 11 is 0. The third-order valence-electron chi connectivity index (χ3n) is 7.53. The summed E-state index contributed by atoms with van der Waals surface area (Å²) in [6, 6.07) is 20.5. The number of rotatable bonds is 6. The molecule has 0 spiro atoms. The van der Waals surface area contributed by atoms with E-state index in [-0.39, 0.29) is 17.9 Å². The molecule has 0 radical (unpaired) electrons. The Bertz CT molecular complexity index is 1610. The van der Waals surface area contributed by atoms with Gasteiger partial charge in [-0.15, -0.1) is 0 Å². The van der Waals surface area contributed by atoms with Crippen LogP contribution in [0.5, 0.6) is 0 Å². The third-order valence-corrected chi connectivity index (χ3v) is 7.53. The van der Waals surface area contributed by atoms with Crippen molar-refractivity contribution in [1.82, 2.24) is 14.7 Å². The van der Waals surface area contributed by atoms with Crippen molar-refractivity contribution in [1.29, 1.82) is 0 Å². The molecule has 40 heavy (non-hydrogen) atoms. The van der Waals surface area contributed by atoms with Gasteiger partial charge in [-0.2, -0.15) is 5.10 Å². The van der Waals surface area contributed by atoms with Crippen molar-refractivity contribution in [3.63, 3.8) is 0 Å². The maximum absolute atomic E-state index is 12.5. The van der Waals surface area contributed by atoms with Gasteiger partial charge in [0.05, 0.1) is 23.5 Å². The fourth-order valence-corrected chi connectivity index (χ4v) is 4.95. The second kappa shape index (κ2) is 10.8. The number of anilines is 2. The zero-order chi connectivity index (χ0) is 27.6. The Hall–Kier alpha value is -4.66. The Kier molecular flexibility index (Phi) is 6.94. The maximum Gasteiger partial charge on any atom is 0.360 e. The largest absolute Gasteiger partial charge is 0.393 e. The van der Waals surface area contributed by atoms with Crippen LogP contribution in [-0.4, -0.2) is 52.9 Å². The molecular formula is C30H30N7O3+. The summed E-state index contributed by atoms with van der Waals surface area (Å²) in [7, 11) is 1.81. The van der Waals surface area contributed by atoms with Gasteiger partial charge in [0, 0.05) is 48.4 Å². The van der Waals surface area contributed by atoms with Crippen molar-refractivity contribution in [2.24, 2.45) is 16.1 Å². The van der Waals surface area contributed by atoms with Gasteiger partial charge >= 0.3 is 5.91 Å². The molecule has 0 unspecified atom stereocenters. The van der Waals surface area contributed by atoms with Gasteiger partial charge in [0.2, 0.25) is 15.9 Å².